The van der Waals surface area contributed by atoms with Gasteiger partial charge in [0.2, 0.25) is 0 Å². The van der Waals surface area contributed by atoms with Crippen molar-refractivity contribution >= 4 is 0 Å². The third-order valence-electron chi connectivity index (χ3n) is 4.71. The second-order valence-electron chi connectivity index (χ2n) is 6.56. The van der Waals surface area contributed by atoms with Gasteiger partial charge in [-0.15, -0.1) is 5.10 Å². The number of aromatic nitrogens is 5. The van der Waals surface area contributed by atoms with Gasteiger partial charge in [0.15, 0.2) is 11.5 Å². The fourth-order valence-electron chi connectivity index (χ4n) is 3.28. The van der Waals surface area contributed by atoms with E-state index in [1.807, 2.05) is 32.0 Å². The largest absolute Gasteiger partial charge is 0.332 e. The number of nitrogens with two attached hydrogens (primary N) is 1. The Bertz CT molecular complexity index is 875. The highest BCUT2D eigenvalue weighted by Crippen LogP contribution is 2.35. The normalized spacial score (nSPS) is 16.6. The Morgan fingerprint density at radius 3 is 2.75 bits per heavy atom. The Balaban J connectivity index is 1.70. The van der Waals surface area contributed by atoms with Gasteiger partial charge in [0.25, 0.3) is 5.89 Å². The number of nitrogens with zero attached hydrogens (tertiary/aromatic N) is 5. The van der Waals surface area contributed by atoms with Gasteiger partial charge in [0.1, 0.15) is 0 Å². The van der Waals surface area contributed by atoms with E-state index in [-0.39, 0.29) is 0 Å². The van der Waals surface area contributed by atoms with E-state index in [2.05, 4.69) is 26.5 Å². The van der Waals surface area contributed by atoms with Crippen LogP contribution >= 0.6 is 0 Å². The molecule has 0 aliphatic heterocycles. The molecule has 2 N–H and O–H groups in total. The van der Waals surface area contributed by atoms with Crippen molar-refractivity contribution in [2.75, 3.05) is 0 Å². The van der Waals surface area contributed by atoms with E-state index in [0.717, 1.165) is 42.6 Å². The van der Waals surface area contributed by atoms with Crippen molar-refractivity contribution in [1.29, 1.82) is 0 Å². The van der Waals surface area contributed by atoms with E-state index in [1.54, 1.807) is 4.68 Å². The minimum atomic E-state index is -0.470. The van der Waals surface area contributed by atoms with Gasteiger partial charge in [-0.2, -0.15) is 4.98 Å². The second-order valence-corrected chi connectivity index (χ2v) is 6.56. The van der Waals surface area contributed by atoms with Crippen LogP contribution in [-0.4, -0.2) is 25.1 Å². The summed E-state index contributed by atoms with van der Waals surface area (Å²) >= 11 is 0. The molecule has 0 unspecified atom stereocenters. The molecule has 0 atom stereocenters. The number of rotatable bonds is 3. The highest BCUT2D eigenvalue weighted by Gasteiger charge is 2.36. The Kier molecular flexibility index (Phi) is 3.45. The van der Waals surface area contributed by atoms with E-state index in [4.69, 9.17) is 10.3 Å². The van der Waals surface area contributed by atoms with Crippen molar-refractivity contribution in [2.24, 2.45) is 5.73 Å². The standard InChI is InChI=1S/C17H20N6O/c1-11-6-5-7-13(10-11)23-12(2)14(20-22-23)15-19-16(21-24-15)17(18)8-3-4-9-17/h5-7,10H,3-4,8-9,18H2,1-2H3. The predicted molar refractivity (Wildman–Crippen MR) is 88.5 cm³/mol. The fraction of sp³-hybridized carbons (Fsp3) is 0.412. The molecular weight excluding hydrogens is 304 g/mol. The van der Waals surface area contributed by atoms with Gasteiger partial charge < -0.3 is 10.3 Å². The van der Waals surface area contributed by atoms with Crippen LogP contribution in [0.2, 0.25) is 0 Å². The first-order valence-electron chi connectivity index (χ1n) is 8.20. The van der Waals surface area contributed by atoms with E-state index < -0.39 is 5.54 Å². The molecule has 0 saturated heterocycles. The molecule has 1 saturated carbocycles. The van der Waals surface area contributed by atoms with Gasteiger partial charge in [0.05, 0.1) is 16.9 Å². The molecule has 1 aliphatic carbocycles. The van der Waals surface area contributed by atoms with Crippen molar-refractivity contribution in [3.63, 3.8) is 0 Å². The summed E-state index contributed by atoms with van der Waals surface area (Å²) in [6, 6.07) is 8.08. The van der Waals surface area contributed by atoms with Crippen LogP contribution in [0.25, 0.3) is 17.3 Å². The summed E-state index contributed by atoms with van der Waals surface area (Å²) in [5.74, 6) is 0.942. The van der Waals surface area contributed by atoms with Crippen LogP contribution in [0.5, 0.6) is 0 Å². The van der Waals surface area contributed by atoms with Crippen LogP contribution < -0.4 is 5.73 Å². The first kappa shape index (κ1) is 15.0. The Labute approximate surface area is 139 Å². The van der Waals surface area contributed by atoms with Gasteiger partial charge in [-0.05, 0) is 44.4 Å². The SMILES string of the molecule is Cc1cccc(-n2nnc(-c3nc(C4(N)CCCC4)no3)c2C)c1. The molecule has 124 valence electrons. The number of hydrogen-bond donors (Lipinski definition) is 1. The number of benzene rings is 1. The molecule has 24 heavy (non-hydrogen) atoms. The molecule has 2 heterocycles. The number of aryl methyl sites for hydroxylation is 1. The minimum Gasteiger partial charge on any atom is -0.332 e. The van der Waals surface area contributed by atoms with Crippen molar-refractivity contribution in [3.8, 4) is 17.3 Å². The van der Waals surface area contributed by atoms with Gasteiger partial charge in [-0.25, -0.2) is 4.68 Å². The second kappa shape index (κ2) is 5.52. The average Bonchev–Trinajstić information content (AvgIpc) is 3.27. The van der Waals surface area contributed by atoms with E-state index in [1.165, 1.54) is 0 Å². The summed E-state index contributed by atoms with van der Waals surface area (Å²) in [5.41, 5.74) is 9.49. The summed E-state index contributed by atoms with van der Waals surface area (Å²) in [6.45, 7) is 3.98. The molecule has 2 aromatic heterocycles. The van der Waals surface area contributed by atoms with Crippen LogP contribution in [0.15, 0.2) is 28.8 Å². The molecule has 1 fully saturated rings. The smallest absolute Gasteiger partial charge is 0.280 e. The van der Waals surface area contributed by atoms with Gasteiger partial charge >= 0.3 is 0 Å². The zero-order valence-electron chi connectivity index (χ0n) is 13.9. The maximum Gasteiger partial charge on any atom is 0.280 e. The van der Waals surface area contributed by atoms with Crippen LogP contribution in [-0.2, 0) is 5.54 Å². The fourth-order valence-corrected chi connectivity index (χ4v) is 3.28. The molecule has 4 rings (SSSR count). The zero-order chi connectivity index (χ0) is 16.7. The summed E-state index contributed by atoms with van der Waals surface area (Å²) in [5, 5.41) is 12.6. The molecule has 1 aromatic carbocycles. The van der Waals surface area contributed by atoms with Crippen LogP contribution in [0.3, 0.4) is 0 Å². The molecule has 7 heteroatoms. The van der Waals surface area contributed by atoms with Gasteiger partial charge in [-0.3, -0.25) is 0 Å². The molecule has 0 radical (unpaired) electrons. The summed E-state index contributed by atoms with van der Waals surface area (Å²) in [7, 11) is 0. The Morgan fingerprint density at radius 2 is 2.00 bits per heavy atom. The topological polar surface area (TPSA) is 95.7 Å². The monoisotopic (exact) mass is 324 g/mol. The van der Waals surface area contributed by atoms with Crippen molar-refractivity contribution in [2.45, 2.75) is 45.1 Å². The molecule has 1 aliphatic rings. The van der Waals surface area contributed by atoms with E-state index in [9.17, 15) is 0 Å². The van der Waals surface area contributed by atoms with Gasteiger partial charge in [0, 0.05) is 0 Å². The molecule has 7 nitrogen and oxygen atoms in total. The lowest BCUT2D eigenvalue weighted by Gasteiger charge is -2.17. The van der Waals surface area contributed by atoms with E-state index in [0.29, 0.717) is 17.4 Å². The highest BCUT2D eigenvalue weighted by atomic mass is 16.5. The van der Waals surface area contributed by atoms with Gasteiger partial charge in [-0.1, -0.05) is 35.3 Å². The third-order valence-corrected chi connectivity index (χ3v) is 4.71. The lowest BCUT2D eigenvalue weighted by atomic mass is 9.99. The van der Waals surface area contributed by atoms with Crippen molar-refractivity contribution in [1.82, 2.24) is 25.1 Å². The van der Waals surface area contributed by atoms with Crippen LogP contribution in [0.1, 0.15) is 42.8 Å². The molecule has 3 aromatic rings. The summed E-state index contributed by atoms with van der Waals surface area (Å²) in [4.78, 5) is 4.50. The van der Waals surface area contributed by atoms with E-state index >= 15 is 0 Å². The first-order valence-corrected chi connectivity index (χ1v) is 8.20. The molecule has 0 amide bonds. The Morgan fingerprint density at radius 1 is 1.21 bits per heavy atom. The first-order chi connectivity index (χ1) is 11.6. The average molecular weight is 324 g/mol. The minimum absolute atomic E-state index is 0.373. The Hall–Kier alpha value is -2.54. The van der Waals surface area contributed by atoms with Crippen LogP contribution in [0, 0.1) is 13.8 Å². The quantitative estimate of drug-likeness (QED) is 0.795. The summed E-state index contributed by atoms with van der Waals surface area (Å²) in [6.07, 6.45) is 3.98. The lowest BCUT2D eigenvalue weighted by Crippen LogP contribution is -2.34. The maximum absolute atomic E-state index is 6.40. The molecule has 0 spiro atoms. The predicted octanol–water partition coefficient (Wildman–Crippen LogP) is 2.66. The van der Waals surface area contributed by atoms with Crippen molar-refractivity contribution < 1.29 is 4.52 Å². The summed E-state index contributed by atoms with van der Waals surface area (Å²) < 4.78 is 7.20. The highest BCUT2D eigenvalue weighted by molar-refractivity contribution is 5.51. The zero-order valence-corrected chi connectivity index (χ0v) is 13.9. The van der Waals surface area contributed by atoms with Crippen LogP contribution in [0.4, 0.5) is 0 Å². The third kappa shape index (κ3) is 2.41. The maximum atomic E-state index is 6.40. The van der Waals surface area contributed by atoms with Crippen molar-refractivity contribution in [3.05, 3.63) is 41.3 Å². The lowest BCUT2D eigenvalue weighted by molar-refractivity contribution is 0.372. The molecular formula is C17H20N6O. The number of hydrogen-bond acceptors (Lipinski definition) is 6. The molecule has 0 bridgehead atoms.